The first-order valence-corrected chi connectivity index (χ1v) is 8.72. The van der Waals surface area contributed by atoms with Gasteiger partial charge in [-0.1, -0.05) is 35.3 Å². The van der Waals surface area contributed by atoms with Crippen LogP contribution in [0, 0.1) is 0 Å². The number of pyridine rings is 1. The second kappa shape index (κ2) is 7.82. The van der Waals surface area contributed by atoms with E-state index in [0.717, 1.165) is 10.8 Å². The Hall–Kier alpha value is -2.83. The van der Waals surface area contributed by atoms with Crippen LogP contribution in [0.3, 0.4) is 0 Å². The van der Waals surface area contributed by atoms with E-state index in [1.165, 1.54) is 6.07 Å². The Morgan fingerprint density at radius 3 is 2.52 bits per heavy atom. The van der Waals surface area contributed by atoms with E-state index in [0.29, 0.717) is 17.2 Å². The van der Waals surface area contributed by atoms with Crippen molar-refractivity contribution < 1.29 is 19.4 Å². The van der Waals surface area contributed by atoms with Crippen LogP contribution in [0.15, 0.2) is 42.5 Å². The largest absolute Gasteiger partial charge is 0.478 e. The number of amides is 1. The smallest absolute Gasteiger partial charge is 0.339 e. The summed E-state index contributed by atoms with van der Waals surface area (Å²) in [5.41, 5.74) is 0.111. The van der Waals surface area contributed by atoms with Crippen LogP contribution < -0.4 is 10.1 Å². The maximum absolute atomic E-state index is 12.6. The summed E-state index contributed by atoms with van der Waals surface area (Å²) in [5.74, 6) is -1.87. The van der Waals surface area contributed by atoms with Gasteiger partial charge >= 0.3 is 5.97 Å². The standard InChI is InChI=1S/C19H14Cl2N2O4/c1-2-27-18-15(21)9-14(19(25)26)16(23-18)22-17(24)12-4-3-11-8-13(20)6-5-10(11)7-12/h3-9H,2H2,1H3,(H,25,26)(H,22,23,24). The average molecular weight is 405 g/mol. The molecule has 8 heteroatoms. The maximum atomic E-state index is 12.6. The normalized spacial score (nSPS) is 10.6. The number of fused-ring (bicyclic) bond motifs is 1. The van der Waals surface area contributed by atoms with Gasteiger partial charge in [0.15, 0.2) is 5.82 Å². The third kappa shape index (κ3) is 4.13. The molecule has 0 saturated heterocycles. The van der Waals surface area contributed by atoms with Crippen molar-refractivity contribution in [1.82, 2.24) is 4.98 Å². The second-order valence-electron chi connectivity index (χ2n) is 5.57. The fourth-order valence-corrected chi connectivity index (χ4v) is 2.89. The fraction of sp³-hybridized carbons (Fsp3) is 0.105. The Kier molecular flexibility index (Phi) is 5.48. The molecule has 27 heavy (non-hydrogen) atoms. The van der Waals surface area contributed by atoms with Gasteiger partial charge in [-0.25, -0.2) is 4.79 Å². The lowest BCUT2D eigenvalue weighted by molar-refractivity contribution is 0.0697. The quantitative estimate of drug-likeness (QED) is 0.631. The van der Waals surface area contributed by atoms with Gasteiger partial charge in [0.1, 0.15) is 10.6 Å². The Balaban J connectivity index is 1.96. The zero-order valence-electron chi connectivity index (χ0n) is 14.1. The molecule has 0 spiro atoms. The third-order valence-electron chi connectivity index (χ3n) is 3.75. The summed E-state index contributed by atoms with van der Waals surface area (Å²) in [5, 5.41) is 14.2. The van der Waals surface area contributed by atoms with Crippen LogP contribution in [0.2, 0.25) is 10.0 Å². The third-order valence-corrected chi connectivity index (χ3v) is 4.26. The summed E-state index contributed by atoms with van der Waals surface area (Å²) >= 11 is 11.9. The minimum Gasteiger partial charge on any atom is -0.478 e. The van der Waals surface area contributed by atoms with Crippen molar-refractivity contribution in [3.05, 3.63) is 63.6 Å². The van der Waals surface area contributed by atoms with Crippen molar-refractivity contribution in [2.75, 3.05) is 11.9 Å². The number of ether oxygens (including phenoxy) is 1. The van der Waals surface area contributed by atoms with E-state index in [1.54, 1.807) is 43.3 Å². The first-order valence-electron chi connectivity index (χ1n) is 7.96. The van der Waals surface area contributed by atoms with Crippen LogP contribution in [0.1, 0.15) is 27.6 Å². The maximum Gasteiger partial charge on any atom is 0.339 e. The molecular weight excluding hydrogens is 391 g/mol. The second-order valence-corrected chi connectivity index (χ2v) is 6.41. The number of carboxylic acids is 1. The van der Waals surface area contributed by atoms with E-state index >= 15 is 0 Å². The molecule has 0 unspecified atom stereocenters. The molecular formula is C19H14Cl2N2O4. The number of carbonyl (C=O) groups excluding carboxylic acids is 1. The molecule has 2 aromatic carbocycles. The highest BCUT2D eigenvalue weighted by molar-refractivity contribution is 6.32. The molecule has 1 aromatic heterocycles. The summed E-state index contributed by atoms with van der Waals surface area (Å²) in [6.45, 7) is 2.03. The number of halogens is 2. The van der Waals surface area contributed by atoms with Crippen LogP contribution in [0.5, 0.6) is 5.88 Å². The Morgan fingerprint density at radius 1 is 1.11 bits per heavy atom. The molecule has 3 aromatic rings. The van der Waals surface area contributed by atoms with Gasteiger partial charge in [0.05, 0.1) is 6.61 Å². The van der Waals surface area contributed by atoms with Crippen LogP contribution in [-0.2, 0) is 0 Å². The van der Waals surface area contributed by atoms with E-state index in [-0.39, 0.29) is 22.3 Å². The molecule has 0 aliphatic heterocycles. The monoisotopic (exact) mass is 404 g/mol. The van der Waals surface area contributed by atoms with Crippen LogP contribution >= 0.6 is 23.2 Å². The van der Waals surface area contributed by atoms with Crippen molar-refractivity contribution in [3.8, 4) is 5.88 Å². The van der Waals surface area contributed by atoms with Gasteiger partial charge in [-0.05, 0) is 48.0 Å². The predicted octanol–water partition coefficient (Wildman–Crippen LogP) is 4.89. The number of carbonyl (C=O) groups is 2. The molecule has 6 nitrogen and oxygen atoms in total. The SMILES string of the molecule is CCOc1nc(NC(=O)c2ccc3cc(Cl)ccc3c2)c(C(=O)O)cc1Cl. The summed E-state index contributed by atoms with van der Waals surface area (Å²) in [6, 6.07) is 11.6. The highest BCUT2D eigenvalue weighted by Gasteiger charge is 2.19. The number of nitrogens with zero attached hydrogens (tertiary/aromatic N) is 1. The zero-order chi connectivity index (χ0) is 19.6. The number of rotatable bonds is 5. The summed E-state index contributed by atoms with van der Waals surface area (Å²) in [7, 11) is 0. The average Bonchev–Trinajstić information content (AvgIpc) is 2.63. The zero-order valence-corrected chi connectivity index (χ0v) is 15.6. The number of aromatic nitrogens is 1. The summed E-state index contributed by atoms with van der Waals surface area (Å²) in [6.07, 6.45) is 0. The number of carboxylic acid groups (broad SMARTS) is 1. The van der Waals surface area contributed by atoms with E-state index < -0.39 is 11.9 Å². The highest BCUT2D eigenvalue weighted by atomic mass is 35.5. The van der Waals surface area contributed by atoms with Crippen LogP contribution in [0.4, 0.5) is 5.82 Å². The van der Waals surface area contributed by atoms with Gasteiger partial charge in [-0.2, -0.15) is 4.98 Å². The van der Waals surface area contributed by atoms with Gasteiger partial charge in [-0.3, -0.25) is 4.79 Å². The lowest BCUT2D eigenvalue weighted by atomic mass is 10.1. The summed E-state index contributed by atoms with van der Waals surface area (Å²) < 4.78 is 5.27. The van der Waals surface area contributed by atoms with E-state index in [4.69, 9.17) is 27.9 Å². The van der Waals surface area contributed by atoms with Crippen molar-refractivity contribution in [2.45, 2.75) is 6.92 Å². The Labute approximate surface area is 164 Å². The molecule has 0 aliphatic rings. The molecule has 1 heterocycles. The molecule has 138 valence electrons. The molecule has 0 aliphatic carbocycles. The molecule has 0 atom stereocenters. The minimum absolute atomic E-state index is 0.0487. The molecule has 1 amide bonds. The van der Waals surface area contributed by atoms with Crippen LogP contribution in [-0.4, -0.2) is 28.6 Å². The number of hydrogen-bond donors (Lipinski definition) is 2. The first kappa shape index (κ1) is 18.9. The van der Waals surface area contributed by atoms with Gasteiger partial charge in [0.2, 0.25) is 5.88 Å². The van der Waals surface area contributed by atoms with E-state index in [9.17, 15) is 14.7 Å². The molecule has 3 rings (SSSR count). The van der Waals surface area contributed by atoms with Crippen molar-refractivity contribution in [2.24, 2.45) is 0 Å². The Morgan fingerprint density at radius 2 is 1.81 bits per heavy atom. The predicted molar refractivity (Wildman–Crippen MR) is 104 cm³/mol. The lowest BCUT2D eigenvalue weighted by Gasteiger charge is -2.12. The lowest BCUT2D eigenvalue weighted by Crippen LogP contribution is -2.17. The van der Waals surface area contributed by atoms with E-state index in [1.807, 2.05) is 0 Å². The summed E-state index contributed by atoms with van der Waals surface area (Å²) in [4.78, 5) is 28.1. The molecule has 0 bridgehead atoms. The molecule has 0 radical (unpaired) electrons. The minimum atomic E-state index is -1.27. The number of nitrogens with one attached hydrogen (secondary N) is 1. The van der Waals surface area contributed by atoms with E-state index in [2.05, 4.69) is 10.3 Å². The van der Waals surface area contributed by atoms with Crippen molar-refractivity contribution >= 4 is 51.7 Å². The van der Waals surface area contributed by atoms with Gasteiger partial charge in [0, 0.05) is 10.6 Å². The molecule has 0 saturated carbocycles. The number of anilines is 1. The van der Waals surface area contributed by atoms with Crippen molar-refractivity contribution in [3.63, 3.8) is 0 Å². The van der Waals surface area contributed by atoms with Crippen LogP contribution in [0.25, 0.3) is 10.8 Å². The number of hydrogen-bond acceptors (Lipinski definition) is 4. The van der Waals surface area contributed by atoms with Gasteiger partial charge in [-0.15, -0.1) is 0 Å². The first-order chi connectivity index (χ1) is 12.9. The van der Waals surface area contributed by atoms with Gasteiger partial charge < -0.3 is 15.2 Å². The number of aromatic carboxylic acids is 1. The van der Waals surface area contributed by atoms with Gasteiger partial charge in [0.25, 0.3) is 5.91 Å². The van der Waals surface area contributed by atoms with Crippen molar-refractivity contribution in [1.29, 1.82) is 0 Å². The fourth-order valence-electron chi connectivity index (χ4n) is 2.51. The molecule has 2 N–H and O–H groups in total. The topological polar surface area (TPSA) is 88.5 Å². The highest BCUT2D eigenvalue weighted by Crippen LogP contribution is 2.28. The molecule has 0 fully saturated rings. The number of benzene rings is 2. The Bertz CT molecular complexity index is 1050.